The lowest BCUT2D eigenvalue weighted by Gasteiger charge is -2.19. The van der Waals surface area contributed by atoms with Gasteiger partial charge in [0, 0.05) is 22.8 Å². The minimum absolute atomic E-state index is 0.948. The quantitative estimate of drug-likeness (QED) is 0.125. The Bertz CT molecular complexity index is 2020. The highest BCUT2D eigenvalue weighted by atomic mass is 15.0. The number of hydrogen-bond acceptors (Lipinski definition) is 0. The van der Waals surface area contributed by atoms with Crippen molar-refractivity contribution in [3.63, 3.8) is 0 Å². The van der Waals surface area contributed by atoms with Crippen molar-refractivity contribution in [1.82, 2.24) is 0 Å². The van der Waals surface area contributed by atoms with Gasteiger partial charge in [0.25, 0.3) is 0 Å². The second-order valence-corrected chi connectivity index (χ2v) is 11.4. The molecule has 1 heterocycles. The van der Waals surface area contributed by atoms with Gasteiger partial charge in [-0.15, -0.1) is 0 Å². The van der Waals surface area contributed by atoms with E-state index in [1.807, 2.05) is 0 Å². The van der Waals surface area contributed by atoms with Crippen LogP contribution >= 0.6 is 0 Å². The monoisotopic (exact) mass is 578 g/mol. The van der Waals surface area contributed by atoms with Gasteiger partial charge in [0.1, 0.15) is 6.54 Å². The van der Waals surface area contributed by atoms with Crippen molar-refractivity contribution in [2.24, 2.45) is 0 Å². The molecule has 0 aliphatic heterocycles. The zero-order valence-corrected chi connectivity index (χ0v) is 25.6. The molecule has 0 bridgehead atoms. The molecule has 0 saturated carbocycles. The minimum atomic E-state index is 0.948. The second-order valence-electron chi connectivity index (χ2n) is 11.4. The molecule has 6 aromatic carbocycles. The minimum Gasteiger partial charge on any atom is -0.197 e. The Morgan fingerprint density at radius 1 is 0.467 bits per heavy atom. The maximum atomic E-state index is 2.45. The number of hydrogen-bond donors (Lipinski definition) is 0. The number of aromatic nitrogens is 1. The standard InChI is InChI=1S/C44H36N/c1-2-30-45-32-39-29-28-38(31-40(39)43(36-24-14-6-15-25-36)44(45)37-26-16-7-17-27-37)42(35-22-12-5-13-23-35)41(33-18-8-3-9-19-33)34-20-10-4-11-21-34/h3-29,31-32H,2,30H2,1H3/q+1. The number of benzene rings is 6. The van der Waals surface area contributed by atoms with Gasteiger partial charge < -0.3 is 0 Å². The van der Waals surface area contributed by atoms with E-state index in [0.717, 1.165) is 13.0 Å². The molecule has 1 aromatic heterocycles. The van der Waals surface area contributed by atoms with Gasteiger partial charge in [0.15, 0.2) is 6.20 Å². The molecule has 0 radical (unpaired) electrons. The van der Waals surface area contributed by atoms with E-state index in [1.54, 1.807) is 0 Å². The van der Waals surface area contributed by atoms with Crippen molar-refractivity contribution in [2.75, 3.05) is 0 Å². The van der Waals surface area contributed by atoms with Crippen LogP contribution < -0.4 is 4.57 Å². The van der Waals surface area contributed by atoms with E-state index in [2.05, 4.69) is 188 Å². The van der Waals surface area contributed by atoms with Gasteiger partial charge in [-0.1, -0.05) is 153 Å². The predicted octanol–water partition coefficient (Wildman–Crippen LogP) is 10.9. The van der Waals surface area contributed by atoms with Crippen LogP contribution in [0.5, 0.6) is 0 Å². The summed E-state index contributed by atoms with van der Waals surface area (Å²) in [7, 11) is 0. The maximum absolute atomic E-state index is 2.45. The van der Waals surface area contributed by atoms with Crippen molar-refractivity contribution in [3.05, 3.63) is 198 Å². The summed E-state index contributed by atoms with van der Waals surface area (Å²) in [6.07, 6.45) is 3.40. The molecule has 0 atom stereocenters. The van der Waals surface area contributed by atoms with Gasteiger partial charge in [-0.05, 0) is 63.2 Å². The van der Waals surface area contributed by atoms with Gasteiger partial charge in [0.2, 0.25) is 5.69 Å². The summed E-state index contributed by atoms with van der Waals surface area (Å²) in [6.45, 7) is 3.20. The Balaban J connectivity index is 1.61. The van der Waals surface area contributed by atoms with Crippen LogP contribution in [0.3, 0.4) is 0 Å². The first kappa shape index (κ1) is 28.3. The smallest absolute Gasteiger partial charge is 0.197 e. The summed E-state index contributed by atoms with van der Waals surface area (Å²) < 4.78 is 2.45. The first-order valence-corrected chi connectivity index (χ1v) is 15.8. The lowest BCUT2D eigenvalue weighted by Crippen LogP contribution is -2.36. The Hall–Kier alpha value is -5.53. The Labute approximate surface area is 266 Å². The third-order valence-electron chi connectivity index (χ3n) is 8.44. The van der Waals surface area contributed by atoms with Crippen LogP contribution in [0, 0.1) is 0 Å². The summed E-state index contributed by atoms with van der Waals surface area (Å²) in [5, 5.41) is 2.48. The fourth-order valence-electron chi connectivity index (χ4n) is 6.49. The average Bonchev–Trinajstić information content (AvgIpc) is 3.12. The average molecular weight is 579 g/mol. The highest BCUT2D eigenvalue weighted by Gasteiger charge is 2.24. The van der Waals surface area contributed by atoms with Crippen molar-refractivity contribution in [1.29, 1.82) is 0 Å². The molecule has 0 aliphatic rings. The van der Waals surface area contributed by atoms with E-state index in [1.165, 1.54) is 66.6 Å². The Kier molecular flexibility index (Phi) is 8.16. The van der Waals surface area contributed by atoms with Gasteiger partial charge in [-0.2, -0.15) is 4.57 Å². The molecular formula is C44H36N+. The van der Waals surface area contributed by atoms with Gasteiger partial charge in [-0.25, -0.2) is 0 Å². The molecular weight excluding hydrogens is 542 g/mol. The van der Waals surface area contributed by atoms with E-state index >= 15 is 0 Å². The molecule has 45 heavy (non-hydrogen) atoms. The summed E-state index contributed by atoms with van der Waals surface area (Å²) in [6, 6.07) is 61.3. The Morgan fingerprint density at radius 3 is 1.40 bits per heavy atom. The summed E-state index contributed by atoms with van der Waals surface area (Å²) >= 11 is 0. The van der Waals surface area contributed by atoms with Crippen LogP contribution in [0.15, 0.2) is 176 Å². The molecule has 1 nitrogen and oxygen atoms in total. The van der Waals surface area contributed by atoms with Crippen LogP contribution in [-0.4, -0.2) is 0 Å². The van der Waals surface area contributed by atoms with E-state index in [-0.39, 0.29) is 0 Å². The van der Waals surface area contributed by atoms with Crippen LogP contribution in [0.1, 0.15) is 35.6 Å². The lowest BCUT2D eigenvalue weighted by molar-refractivity contribution is -0.684. The largest absolute Gasteiger partial charge is 0.221 e. The van der Waals surface area contributed by atoms with Crippen molar-refractivity contribution in [3.8, 4) is 22.4 Å². The molecule has 0 spiro atoms. The van der Waals surface area contributed by atoms with Gasteiger partial charge >= 0.3 is 0 Å². The third-order valence-corrected chi connectivity index (χ3v) is 8.44. The van der Waals surface area contributed by atoms with Crippen molar-refractivity contribution >= 4 is 21.9 Å². The van der Waals surface area contributed by atoms with Crippen molar-refractivity contribution < 1.29 is 4.57 Å². The summed E-state index contributed by atoms with van der Waals surface area (Å²) in [5.74, 6) is 0. The molecule has 216 valence electrons. The highest BCUT2D eigenvalue weighted by molar-refractivity contribution is 6.08. The molecule has 0 fully saturated rings. The molecule has 0 aliphatic carbocycles. The van der Waals surface area contributed by atoms with E-state index in [9.17, 15) is 0 Å². The molecule has 0 amide bonds. The number of nitrogens with zero attached hydrogens (tertiary/aromatic N) is 1. The second kappa shape index (κ2) is 13.0. The van der Waals surface area contributed by atoms with E-state index in [4.69, 9.17) is 0 Å². The molecule has 1 heteroatoms. The third kappa shape index (κ3) is 5.73. The fourth-order valence-corrected chi connectivity index (χ4v) is 6.49. The predicted molar refractivity (Wildman–Crippen MR) is 190 cm³/mol. The van der Waals surface area contributed by atoms with Crippen LogP contribution in [0.4, 0.5) is 0 Å². The molecule has 0 saturated heterocycles. The topological polar surface area (TPSA) is 3.88 Å². The molecule has 0 N–H and O–H groups in total. The number of aryl methyl sites for hydroxylation is 1. The number of pyridine rings is 1. The fraction of sp³-hybridized carbons (Fsp3) is 0.0682. The maximum Gasteiger partial charge on any atom is 0.221 e. The zero-order valence-electron chi connectivity index (χ0n) is 25.6. The van der Waals surface area contributed by atoms with E-state index < -0.39 is 0 Å². The van der Waals surface area contributed by atoms with Crippen molar-refractivity contribution in [2.45, 2.75) is 19.9 Å². The summed E-state index contributed by atoms with van der Waals surface area (Å²) in [5.41, 5.74) is 12.2. The molecule has 7 aromatic rings. The van der Waals surface area contributed by atoms with Crippen LogP contribution in [0.25, 0.3) is 44.3 Å². The first-order valence-electron chi connectivity index (χ1n) is 15.8. The number of rotatable bonds is 8. The first-order chi connectivity index (χ1) is 22.3. The summed E-state index contributed by atoms with van der Waals surface area (Å²) in [4.78, 5) is 0. The van der Waals surface area contributed by atoms with Gasteiger partial charge in [0.05, 0.1) is 5.56 Å². The number of fused-ring (bicyclic) bond motifs is 1. The van der Waals surface area contributed by atoms with Crippen LogP contribution in [0.2, 0.25) is 0 Å². The normalized spacial score (nSPS) is 11.0. The molecule has 7 rings (SSSR count). The molecule has 0 unspecified atom stereocenters. The van der Waals surface area contributed by atoms with E-state index in [0.29, 0.717) is 0 Å². The van der Waals surface area contributed by atoms with Gasteiger partial charge in [-0.3, -0.25) is 0 Å². The van der Waals surface area contributed by atoms with Crippen LogP contribution in [-0.2, 0) is 6.54 Å². The highest BCUT2D eigenvalue weighted by Crippen LogP contribution is 2.41. The SMILES string of the molecule is CCC[n+]1cc2ccc(C(=C(c3ccccc3)c3ccccc3)c3ccccc3)cc2c(-c2ccccc2)c1-c1ccccc1. The zero-order chi connectivity index (χ0) is 30.4. The Morgan fingerprint density at radius 2 is 0.911 bits per heavy atom. The lowest BCUT2D eigenvalue weighted by atomic mass is 9.84.